The molecule has 17 heavy (non-hydrogen) atoms. The van der Waals surface area contributed by atoms with Crippen LogP contribution < -0.4 is 5.32 Å². The minimum atomic E-state index is 0.163. The third-order valence-electron chi connectivity index (χ3n) is 3.32. The van der Waals surface area contributed by atoms with Crippen LogP contribution in [-0.4, -0.2) is 60.7 Å². The average Bonchev–Trinajstić information content (AvgIpc) is 2.37. The Morgan fingerprint density at radius 1 is 1.47 bits per heavy atom. The topological polar surface area (TPSA) is 41.6 Å². The zero-order chi connectivity index (χ0) is 12.1. The van der Waals surface area contributed by atoms with Crippen LogP contribution in [0.5, 0.6) is 0 Å². The second kappa shape index (κ2) is 6.61. The fourth-order valence-electron chi connectivity index (χ4n) is 2.29. The maximum absolute atomic E-state index is 12.0. The number of rotatable bonds is 3. The van der Waals surface area contributed by atoms with Crippen LogP contribution >= 0.6 is 11.8 Å². The Morgan fingerprint density at radius 2 is 2.24 bits per heavy atom. The molecule has 0 aromatic heterocycles. The number of carbonyl (C=O) groups is 1. The Morgan fingerprint density at radius 3 is 2.94 bits per heavy atom. The Balaban J connectivity index is 1.69. The number of nitrogens with zero attached hydrogens (tertiary/aromatic N) is 1. The molecule has 0 bridgehead atoms. The van der Waals surface area contributed by atoms with Crippen LogP contribution in [0.2, 0.25) is 0 Å². The SMILES string of the molecule is CC1CN(C(=O)COC2CCNCC2)CCS1. The van der Waals surface area contributed by atoms with E-state index in [0.717, 1.165) is 44.8 Å². The first-order valence-corrected chi connectivity index (χ1v) is 7.52. The van der Waals surface area contributed by atoms with Crippen LogP contribution in [0.15, 0.2) is 0 Å². The van der Waals surface area contributed by atoms with Crippen molar-refractivity contribution in [3.05, 3.63) is 0 Å². The second-order valence-corrected chi connectivity index (χ2v) is 6.33. The summed E-state index contributed by atoms with van der Waals surface area (Å²) >= 11 is 1.94. The molecule has 2 aliphatic heterocycles. The monoisotopic (exact) mass is 258 g/mol. The molecule has 1 unspecified atom stereocenters. The van der Waals surface area contributed by atoms with Crippen LogP contribution in [0.25, 0.3) is 0 Å². The van der Waals surface area contributed by atoms with Crippen molar-refractivity contribution < 1.29 is 9.53 Å². The summed E-state index contributed by atoms with van der Waals surface area (Å²) in [6.07, 6.45) is 2.33. The van der Waals surface area contributed by atoms with E-state index in [-0.39, 0.29) is 18.6 Å². The fraction of sp³-hybridized carbons (Fsp3) is 0.917. The van der Waals surface area contributed by atoms with E-state index in [9.17, 15) is 4.79 Å². The van der Waals surface area contributed by atoms with Gasteiger partial charge in [0.1, 0.15) is 6.61 Å². The van der Waals surface area contributed by atoms with Crippen molar-refractivity contribution in [3.8, 4) is 0 Å². The maximum atomic E-state index is 12.0. The van der Waals surface area contributed by atoms with Crippen molar-refractivity contribution in [2.45, 2.75) is 31.1 Å². The largest absolute Gasteiger partial charge is 0.368 e. The van der Waals surface area contributed by atoms with Gasteiger partial charge in [0.25, 0.3) is 0 Å². The predicted octanol–water partition coefficient (Wildman–Crippen LogP) is 0.719. The zero-order valence-corrected chi connectivity index (χ0v) is 11.3. The van der Waals surface area contributed by atoms with Crippen molar-refractivity contribution in [1.29, 1.82) is 0 Å². The number of hydrogen-bond acceptors (Lipinski definition) is 4. The Labute approximate surface area is 107 Å². The molecular formula is C12H22N2O2S. The first-order valence-electron chi connectivity index (χ1n) is 6.47. The van der Waals surface area contributed by atoms with Crippen molar-refractivity contribution in [1.82, 2.24) is 10.2 Å². The number of carbonyl (C=O) groups excluding carboxylic acids is 1. The van der Waals surface area contributed by atoms with E-state index in [4.69, 9.17) is 4.74 Å². The summed E-state index contributed by atoms with van der Waals surface area (Å²) in [5, 5.41) is 3.86. The van der Waals surface area contributed by atoms with Gasteiger partial charge in [-0.2, -0.15) is 11.8 Å². The Kier molecular flexibility index (Phi) is 5.13. The molecule has 1 amide bonds. The molecule has 0 radical (unpaired) electrons. The van der Waals surface area contributed by atoms with Gasteiger partial charge in [0.05, 0.1) is 6.10 Å². The summed E-state index contributed by atoms with van der Waals surface area (Å²) in [5.41, 5.74) is 0. The van der Waals surface area contributed by atoms with Crippen molar-refractivity contribution in [3.63, 3.8) is 0 Å². The van der Waals surface area contributed by atoms with E-state index in [2.05, 4.69) is 12.2 Å². The van der Waals surface area contributed by atoms with Gasteiger partial charge in [-0.1, -0.05) is 6.92 Å². The molecule has 0 saturated carbocycles. The van der Waals surface area contributed by atoms with E-state index in [0.29, 0.717) is 5.25 Å². The molecule has 0 spiro atoms. The minimum Gasteiger partial charge on any atom is -0.368 e. The zero-order valence-electron chi connectivity index (χ0n) is 10.5. The van der Waals surface area contributed by atoms with E-state index < -0.39 is 0 Å². The number of thioether (sulfide) groups is 1. The number of hydrogen-bond donors (Lipinski definition) is 1. The lowest BCUT2D eigenvalue weighted by atomic mass is 10.1. The van der Waals surface area contributed by atoms with Crippen molar-refractivity contribution in [2.24, 2.45) is 0 Å². The molecular weight excluding hydrogens is 236 g/mol. The summed E-state index contributed by atoms with van der Waals surface area (Å²) in [7, 11) is 0. The number of nitrogens with one attached hydrogen (secondary N) is 1. The molecule has 2 fully saturated rings. The van der Waals surface area contributed by atoms with E-state index in [1.54, 1.807) is 0 Å². The van der Waals surface area contributed by atoms with E-state index in [1.807, 2.05) is 16.7 Å². The normalized spacial score (nSPS) is 27.1. The molecule has 0 aromatic rings. The fourth-order valence-corrected chi connectivity index (χ4v) is 3.30. The predicted molar refractivity (Wildman–Crippen MR) is 70.3 cm³/mol. The number of amides is 1. The van der Waals surface area contributed by atoms with Gasteiger partial charge in [0.15, 0.2) is 0 Å². The smallest absolute Gasteiger partial charge is 0.248 e. The van der Waals surface area contributed by atoms with Gasteiger partial charge in [-0.25, -0.2) is 0 Å². The molecule has 2 aliphatic rings. The number of piperidine rings is 1. The van der Waals surface area contributed by atoms with Crippen LogP contribution in [0.3, 0.4) is 0 Å². The lowest BCUT2D eigenvalue weighted by molar-refractivity contribution is -0.138. The third-order valence-corrected chi connectivity index (χ3v) is 4.46. The van der Waals surface area contributed by atoms with Gasteiger partial charge in [-0.05, 0) is 25.9 Å². The summed E-state index contributed by atoms with van der Waals surface area (Å²) in [6.45, 7) is 6.22. The van der Waals surface area contributed by atoms with Gasteiger partial charge in [-0.15, -0.1) is 0 Å². The highest BCUT2D eigenvalue weighted by Gasteiger charge is 2.22. The molecule has 1 N–H and O–H groups in total. The molecule has 5 heteroatoms. The molecule has 0 aliphatic carbocycles. The molecule has 98 valence electrons. The maximum Gasteiger partial charge on any atom is 0.248 e. The molecule has 4 nitrogen and oxygen atoms in total. The summed E-state index contributed by atoms with van der Waals surface area (Å²) in [4.78, 5) is 13.9. The van der Waals surface area contributed by atoms with Gasteiger partial charge in [0, 0.05) is 24.1 Å². The quantitative estimate of drug-likeness (QED) is 0.810. The van der Waals surface area contributed by atoms with Gasteiger partial charge < -0.3 is 15.0 Å². The van der Waals surface area contributed by atoms with Crippen LogP contribution in [0, 0.1) is 0 Å². The highest BCUT2D eigenvalue weighted by atomic mass is 32.2. The first-order chi connectivity index (χ1) is 8.25. The molecule has 2 saturated heterocycles. The van der Waals surface area contributed by atoms with Crippen molar-refractivity contribution in [2.75, 3.05) is 38.5 Å². The molecule has 1 atom stereocenters. The highest BCUT2D eigenvalue weighted by molar-refractivity contribution is 7.99. The van der Waals surface area contributed by atoms with Crippen LogP contribution in [0.4, 0.5) is 0 Å². The first kappa shape index (κ1) is 13.2. The van der Waals surface area contributed by atoms with Crippen LogP contribution in [0.1, 0.15) is 19.8 Å². The Hall–Kier alpha value is -0.260. The van der Waals surface area contributed by atoms with E-state index >= 15 is 0 Å². The van der Waals surface area contributed by atoms with Gasteiger partial charge >= 0.3 is 0 Å². The summed E-state index contributed by atoms with van der Waals surface area (Å²) < 4.78 is 5.70. The third kappa shape index (κ3) is 4.16. The summed E-state index contributed by atoms with van der Waals surface area (Å²) in [5.74, 6) is 1.22. The number of ether oxygens (including phenoxy) is 1. The summed E-state index contributed by atoms with van der Waals surface area (Å²) in [6, 6.07) is 0. The van der Waals surface area contributed by atoms with Gasteiger partial charge in [0.2, 0.25) is 5.91 Å². The second-order valence-electron chi connectivity index (χ2n) is 4.78. The van der Waals surface area contributed by atoms with Crippen molar-refractivity contribution >= 4 is 17.7 Å². The Bertz CT molecular complexity index is 257. The van der Waals surface area contributed by atoms with E-state index in [1.165, 1.54) is 0 Å². The molecule has 0 aromatic carbocycles. The van der Waals surface area contributed by atoms with Gasteiger partial charge in [-0.3, -0.25) is 4.79 Å². The van der Waals surface area contributed by atoms with Crippen LogP contribution in [-0.2, 0) is 9.53 Å². The minimum absolute atomic E-state index is 0.163. The molecule has 2 heterocycles. The lowest BCUT2D eigenvalue weighted by Gasteiger charge is -2.31. The highest BCUT2D eigenvalue weighted by Crippen LogP contribution is 2.18. The molecule has 2 rings (SSSR count). The average molecular weight is 258 g/mol. The standard InChI is InChI=1S/C12H22N2O2S/c1-10-8-14(6-7-17-10)12(15)9-16-11-2-4-13-5-3-11/h10-11,13H,2-9H2,1H3. The lowest BCUT2D eigenvalue weighted by Crippen LogP contribution is -2.43.